The number of methoxy groups -OCH3 is 1. The van der Waals surface area contributed by atoms with Crippen molar-refractivity contribution >= 4 is 33.6 Å². The summed E-state index contributed by atoms with van der Waals surface area (Å²) < 4.78 is 45.5. The fraction of sp³-hybridized carbons (Fsp3) is 0.471. The van der Waals surface area contributed by atoms with Crippen LogP contribution in [0.1, 0.15) is 12.8 Å². The molecule has 1 fully saturated rings. The lowest BCUT2D eigenvalue weighted by atomic mass is 9.97. The average molecular weight is 417 g/mol. The molecule has 3 rings (SSSR count). The molecule has 1 aliphatic rings. The Labute approximate surface area is 161 Å². The Morgan fingerprint density at radius 2 is 2.00 bits per heavy atom. The van der Waals surface area contributed by atoms with Gasteiger partial charge in [-0.1, -0.05) is 11.3 Å². The second-order valence-corrected chi connectivity index (χ2v) is 7.47. The van der Waals surface area contributed by atoms with Gasteiger partial charge in [0.15, 0.2) is 4.80 Å². The number of carbonyl (C=O) groups is 2. The quantitative estimate of drug-likeness (QED) is 0.832. The Morgan fingerprint density at radius 1 is 1.32 bits per heavy atom. The molecule has 0 unspecified atom stereocenters. The molecule has 0 aliphatic carbocycles. The molecule has 0 atom stereocenters. The highest BCUT2D eigenvalue weighted by Gasteiger charge is 2.38. The molecule has 11 heteroatoms. The van der Waals surface area contributed by atoms with E-state index in [0.717, 1.165) is 11.3 Å². The van der Waals surface area contributed by atoms with E-state index in [4.69, 9.17) is 9.84 Å². The minimum Gasteiger partial charge on any atom is -0.497 e. The van der Waals surface area contributed by atoms with E-state index in [9.17, 15) is 22.8 Å². The predicted molar refractivity (Wildman–Crippen MR) is 95.3 cm³/mol. The molecular formula is C17H18F3N3O4S. The van der Waals surface area contributed by atoms with Crippen LogP contribution in [0.15, 0.2) is 23.2 Å². The zero-order valence-corrected chi connectivity index (χ0v) is 15.7. The van der Waals surface area contributed by atoms with Gasteiger partial charge in [-0.2, -0.15) is 18.2 Å². The summed E-state index contributed by atoms with van der Waals surface area (Å²) in [7, 11) is 1.48. The van der Waals surface area contributed by atoms with Crippen LogP contribution >= 0.6 is 11.3 Å². The highest BCUT2D eigenvalue weighted by molar-refractivity contribution is 7.16. The largest absolute Gasteiger partial charge is 0.497 e. The van der Waals surface area contributed by atoms with Gasteiger partial charge in [0.1, 0.15) is 5.75 Å². The number of hydrogen-bond acceptors (Lipinski definition) is 4. The highest BCUT2D eigenvalue weighted by atomic mass is 32.1. The fourth-order valence-electron chi connectivity index (χ4n) is 3.16. The van der Waals surface area contributed by atoms with E-state index in [1.54, 1.807) is 22.8 Å². The van der Waals surface area contributed by atoms with E-state index in [0.29, 0.717) is 48.4 Å². The number of benzene rings is 1. The molecule has 2 heterocycles. The van der Waals surface area contributed by atoms with Crippen LogP contribution in [0.3, 0.4) is 0 Å². The third-order valence-electron chi connectivity index (χ3n) is 4.66. The van der Waals surface area contributed by atoms with Crippen LogP contribution in [0.4, 0.5) is 18.0 Å². The minimum absolute atomic E-state index is 0.0359. The molecule has 152 valence electrons. The number of ether oxygens (including phenoxy) is 1. The molecule has 0 saturated carbocycles. The zero-order valence-electron chi connectivity index (χ0n) is 14.9. The van der Waals surface area contributed by atoms with Gasteiger partial charge in [-0.15, -0.1) is 0 Å². The first-order chi connectivity index (χ1) is 13.2. The van der Waals surface area contributed by atoms with Crippen LogP contribution in [0.5, 0.6) is 5.75 Å². The first kappa shape index (κ1) is 20.2. The molecule has 2 aromatic rings. The molecule has 28 heavy (non-hydrogen) atoms. The Morgan fingerprint density at radius 3 is 2.57 bits per heavy atom. The molecule has 0 radical (unpaired) electrons. The number of hydrogen-bond donors (Lipinski definition) is 1. The molecule has 1 saturated heterocycles. The fourth-order valence-corrected chi connectivity index (χ4v) is 4.22. The van der Waals surface area contributed by atoms with Gasteiger partial charge in [-0.3, -0.25) is 4.79 Å². The van der Waals surface area contributed by atoms with E-state index in [2.05, 4.69) is 4.99 Å². The number of alkyl halides is 3. The van der Waals surface area contributed by atoms with E-state index in [-0.39, 0.29) is 10.7 Å². The van der Waals surface area contributed by atoms with Crippen molar-refractivity contribution in [2.45, 2.75) is 25.6 Å². The molecule has 7 nitrogen and oxygen atoms in total. The number of carboxylic acid groups (broad SMARTS) is 1. The number of carbonyl (C=O) groups excluding carboxylic acids is 1. The predicted octanol–water partition coefficient (Wildman–Crippen LogP) is 3.09. The minimum atomic E-state index is -5.04. The summed E-state index contributed by atoms with van der Waals surface area (Å²) in [6.07, 6.45) is -4.86. The van der Waals surface area contributed by atoms with Gasteiger partial charge in [0, 0.05) is 19.6 Å². The van der Waals surface area contributed by atoms with Crippen molar-refractivity contribution < 1.29 is 32.6 Å². The molecule has 0 spiro atoms. The smallest absolute Gasteiger partial charge is 0.473 e. The lowest BCUT2D eigenvalue weighted by Crippen LogP contribution is -2.39. The molecule has 0 bridgehead atoms. The van der Waals surface area contributed by atoms with Gasteiger partial charge in [0.05, 0.1) is 17.3 Å². The van der Waals surface area contributed by atoms with Crippen molar-refractivity contribution in [1.82, 2.24) is 9.47 Å². The van der Waals surface area contributed by atoms with Crippen molar-refractivity contribution in [2.75, 3.05) is 20.2 Å². The molecular weight excluding hydrogens is 399 g/mol. The van der Waals surface area contributed by atoms with Crippen LogP contribution in [0, 0.1) is 5.92 Å². The lowest BCUT2D eigenvalue weighted by molar-refractivity contribution is -0.169. The monoisotopic (exact) mass is 417 g/mol. The maximum atomic E-state index is 12.7. The van der Waals surface area contributed by atoms with Crippen molar-refractivity contribution in [3.8, 4) is 5.75 Å². The van der Waals surface area contributed by atoms with Crippen LogP contribution in [-0.4, -0.2) is 52.9 Å². The second kappa shape index (κ2) is 7.82. The van der Waals surface area contributed by atoms with Crippen LogP contribution in [0.25, 0.3) is 10.2 Å². The molecule has 1 N–H and O–H groups in total. The average Bonchev–Trinajstić information content (AvgIpc) is 2.97. The normalized spacial score (nSPS) is 16.6. The van der Waals surface area contributed by atoms with Gasteiger partial charge >= 0.3 is 18.2 Å². The van der Waals surface area contributed by atoms with Crippen LogP contribution < -0.4 is 9.54 Å². The lowest BCUT2D eigenvalue weighted by Gasteiger charge is -2.30. The number of nitrogens with zero attached hydrogens (tertiary/aromatic N) is 3. The second-order valence-electron chi connectivity index (χ2n) is 6.46. The number of rotatable bonds is 3. The number of likely N-dealkylation sites (tertiary alicyclic amines) is 1. The topological polar surface area (TPSA) is 84.1 Å². The number of thiazole rings is 1. The summed E-state index contributed by atoms with van der Waals surface area (Å²) in [5, 5.41) is 9.04. The van der Waals surface area contributed by atoms with Crippen molar-refractivity contribution in [3.05, 3.63) is 23.0 Å². The maximum absolute atomic E-state index is 12.7. The van der Waals surface area contributed by atoms with Crippen molar-refractivity contribution in [3.63, 3.8) is 0 Å². The summed E-state index contributed by atoms with van der Waals surface area (Å²) in [5.41, 5.74) is 0.653. The van der Waals surface area contributed by atoms with Gasteiger partial charge in [0.2, 0.25) is 0 Å². The third-order valence-corrected chi connectivity index (χ3v) is 5.70. The van der Waals surface area contributed by atoms with Gasteiger partial charge in [0.25, 0.3) is 0 Å². The number of fused-ring (bicyclic) bond motifs is 1. The van der Waals surface area contributed by atoms with Gasteiger partial charge in [-0.05, 0) is 37.0 Å². The zero-order chi connectivity index (χ0) is 20.5. The molecule has 2 amide bonds. The standard InChI is InChI=1S/C17H18F3N3O4S/c1-27-11-2-3-12-13(8-11)28-15(21-14(24)17(18,19)20)23(12)9-10-4-6-22(7-5-10)16(25)26/h2-3,8,10H,4-7,9H2,1H3,(H,25,26)/b21-15+. The number of piperidine rings is 1. The Hall–Kier alpha value is -2.56. The van der Waals surface area contributed by atoms with Gasteiger partial charge in [-0.25, -0.2) is 4.79 Å². The van der Waals surface area contributed by atoms with E-state index in [1.165, 1.54) is 12.0 Å². The summed E-state index contributed by atoms with van der Waals surface area (Å²) in [5.74, 6) is -1.54. The highest BCUT2D eigenvalue weighted by Crippen LogP contribution is 2.26. The molecule has 1 aromatic heterocycles. The summed E-state index contributed by atoms with van der Waals surface area (Å²) in [4.78, 5) is 27.0. The SMILES string of the molecule is COc1ccc2c(c1)s/c(=N/C(=O)C(F)(F)F)n2CC1CCN(C(=O)O)CC1. The van der Waals surface area contributed by atoms with Gasteiger partial charge < -0.3 is 19.3 Å². The maximum Gasteiger partial charge on any atom is 0.473 e. The third kappa shape index (κ3) is 4.29. The molecule has 1 aromatic carbocycles. The number of amides is 2. The molecule has 1 aliphatic heterocycles. The van der Waals surface area contributed by atoms with Crippen molar-refractivity contribution in [2.24, 2.45) is 10.9 Å². The summed E-state index contributed by atoms with van der Waals surface area (Å²) >= 11 is 0.983. The Balaban J connectivity index is 1.97. The van der Waals surface area contributed by atoms with E-state index in [1.807, 2.05) is 0 Å². The number of halogens is 3. The summed E-state index contributed by atoms with van der Waals surface area (Å²) in [6, 6.07) is 5.09. The van der Waals surface area contributed by atoms with E-state index < -0.39 is 18.2 Å². The Bertz CT molecular complexity index is 959. The first-order valence-corrected chi connectivity index (χ1v) is 9.32. The van der Waals surface area contributed by atoms with E-state index >= 15 is 0 Å². The number of aromatic nitrogens is 1. The van der Waals surface area contributed by atoms with Crippen LogP contribution in [0.2, 0.25) is 0 Å². The summed E-state index contributed by atoms with van der Waals surface area (Å²) in [6.45, 7) is 1.08. The first-order valence-electron chi connectivity index (χ1n) is 8.50. The Kier molecular flexibility index (Phi) is 5.64. The van der Waals surface area contributed by atoms with Crippen LogP contribution in [-0.2, 0) is 11.3 Å². The van der Waals surface area contributed by atoms with Crippen molar-refractivity contribution in [1.29, 1.82) is 0 Å².